The second-order valence-corrected chi connectivity index (χ2v) is 15.9. The van der Waals surface area contributed by atoms with Gasteiger partial charge in [-0.2, -0.15) is 0 Å². The summed E-state index contributed by atoms with van der Waals surface area (Å²) in [7, 11) is 0. The molecule has 13 rings (SSSR count). The van der Waals surface area contributed by atoms with Gasteiger partial charge >= 0.3 is 0 Å². The Kier molecular flexibility index (Phi) is 7.01. The molecule has 13 aromatic rings. The third kappa shape index (κ3) is 4.81. The first-order valence-electron chi connectivity index (χ1n) is 20.5. The van der Waals surface area contributed by atoms with Crippen molar-refractivity contribution in [3.05, 3.63) is 200 Å². The second kappa shape index (κ2) is 12.7. The summed E-state index contributed by atoms with van der Waals surface area (Å²) in [5.41, 5.74) is 9.66. The van der Waals surface area contributed by atoms with Crippen molar-refractivity contribution in [2.45, 2.75) is 0 Å². The van der Waals surface area contributed by atoms with Crippen LogP contribution in [0.5, 0.6) is 0 Å². The zero-order valence-electron chi connectivity index (χ0n) is 32.4. The Balaban J connectivity index is 0.982. The largest absolute Gasteiger partial charge is 0.254 e. The summed E-state index contributed by atoms with van der Waals surface area (Å²) in [4.78, 5) is 15.0. The molecule has 3 heterocycles. The third-order valence-electron chi connectivity index (χ3n) is 12.7. The maximum atomic E-state index is 5.56. The van der Waals surface area contributed by atoms with Crippen molar-refractivity contribution < 1.29 is 0 Å². The topological polar surface area (TPSA) is 38.7 Å². The highest BCUT2D eigenvalue weighted by Gasteiger charge is 2.18. The van der Waals surface area contributed by atoms with Gasteiger partial charge in [0.25, 0.3) is 0 Å². The van der Waals surface area contributed by atoms with E-state index in [2.05, 4.69) is 182 Å². The molecule has 3 heteroatoms. The van der Waals surface area contributed by atoms with Gasteiger partial charge in [0.1, 0.15) is 0 Å². The van der Waals surface area contributed by atoms with E-state index in [1.165, 1.54) is 75.8 Å². The molecule has 60 heavy (non-hydrogen) atoms. The van der Waals surface area contributed by atoms with Crippen LogP contribution >= 0.6 is 0 Å². The number of rotatable bonds is 3. The molecule has 0 bridgehead atoms. The van der Waals surface area contributed by atoms with E-state index in [1.807, 2.05) is 18.5 Å². The molecule has 0 unspecified atom stereocenters. The second-order valence-electron chi connectivity index (χ2n) is 15.9. The number of nitrogens with zero attached hydrogens (tertiary/aromatic N) is 3. The Bertz CT molecular complexity index is 3940. The number of benzene rings is 10. The van der Waals surface area contributed by atoms with Gasteiger partial charge in [-0.3, -0.25) is 9.97 Å². The predicted octanol–water partition coefficient (Wildman–Crippen LogP) is 15.3. The van der Waals surface area contributed by atoms with Crippen LogP contribution in [0.3, 0.4) is 0 Å². The van der Waals surface area contributed by atoms with E-state index in [0.717, 1.165) is 55.1 Å². The van der Waals surface area contributed by atoms with Gasteiger partial charge in [-0.15, -0.1) is 0 Å². The van der Waals surface area contributed by atoms with E-state index in [4.69, 9.17) is 15.0 Å². The maximum Gasteiger partial charge on any atom is 0.0970 e. The van der Waals surface area contributed by atoms with Crippen LogP contribution in [0.1, 0.15) is 0 Å². The average molecular weight is 760 g/mol. The standard InChI is InChI=1S/C57H33N3/c1-2-17-43-42(16-1)51-32-36(23-25-44(51)45-26-24-37(33-52(43)45)39-28-30-59-57-50(39)27-22-34-13-10-29-58-55(34)57)35-11-9-12-38(31-35)54-49-21-8-6-19-47(49)53-46-18-5-3-14-40(46)41-15-4-7-20-48(41)56(53)60-54/h1-33H. The molecule has 10 aromatic carbocycles. The molecule has 0 aliphatic carbocycles. The molecule has 0 spiro atoms. The van der Waals surface area contributed by atoms with Crippen LogP contribution in [0.15, 0.2) is 200 Å². The Morgan fingerprint density at radius 2 is 0.800 bits per heavy atom. The lowest BCUT2D eigenvalue weighted by Crippen LogP contribution is -1.93. The molecule has 0 fully saturated rings. The summed E-state index contributed by atoms with van der Waals surface area (Å²) in [6.45, 7) is 0. The molecule has 0 amide bonds. The Morgan fingerprint density at radius 3 is 1.55 bits per heavy atom. The molecule has 0 aliphatic rings. The molecule has 0 saturated carbocycles. The molecule has 0 radical (unpaired) electrons. The highest BCUT2D eigenvalue weighted by Crippen LogP contribution is 2.43. The van der Waals surface area contributed by atoms with Gasteiger partial charge in [0.15, 0.2) is 0 Å². The number of fused-ring (bicyclic) bond motifs is 17. The van der Waals surface area contributed by atoms with Gasteiger partial charge < -0.3 is 0 Å². The van der Waals surface area contributed by atoms with Crippen molar-refractivity contribution in [2.75, 3.05) is 0 Å². The summed E-state index contributed by atoms with van der Waals surface area (Å²) in [6.07, 6.45) is 3.76. The monoisotopic (exact) mass is 759 g/mol. The van der Waals surface area contributed by atoms with Crippen molar-refractivity contribution in [3.8, 4) is 33.5 Å². The summed E-state index contributed by atoms with van der Waals surface area (Å²) in [5.74, 6) is 0. The van der Waals surface area contributed by atoms with Crippen molar-refractivity contribution in [1.82, 2.24) is 15.0 Å². The van der Waals surface area contributed by atoms with Gasteiger partial charge in [-0.05, 0) is 106 Å². The normalized spacial score (nSPS) is 12.0. The number of pyridine rings is 3. The predicted molar refractivity (Wildman–Crippen MR) is 254 cm³/mol. The minimum absolute atomic E-state index is 0.928. The summed E-state index contributed by atoms with van der Waals surface area (Å²) >= 11 is 0. The molecule has 0 atom stereocenters. The summed E-state index contributed by atoms with van der Waals surface area (Å²) < 4.78 is 0. The van der Waals surface area contributed by atoms with Crippen molar-refractivity contribution in [2.24, 2.45) is 0 Å². The Morgan fingerprint density at radius 1 is 0.267 bits per heavy atom. The summed E-state index contributed by atoms with van der Waals surface area (Å²) in [6, 6.07) is 68.4. The molecular formula is C57H33N3. The molecule has 0 saturated heterocycles. The van der Waals surface area contributed by atoms with Gasteiger partial charge in [0.05, 0.1) is 22.2 Å². The highest BCUT2D eigenvalue weighted by molar-refractivity contribution is 6.31. The van der Waals surface area contributed by atoms with Crippen LogP contribution in [0, 0.1) is 0 Å². The van der Waals surface area contributed by atoms with Crippen LogP contribution in [0.25, 0.3) is 131 Å². The zero-order valence-corrected chi connectivity index (χ0v) is 32.4. The lowest BCUT2D eigenvalue weighted by atomic mass is 9.89. The minimum Gasteiger partial charge on any atom is -0.254 e. The molecule has 3 nitrogen and oxygen atoms in total. The van der Waals surface area contributed by atoms with Crippen LogP contribution in [0.2, 0.25) is 0 Å². The molecule has 276 valence electrons. The fraction of sp³-hybridized carbons (Fsp3) is 0. The van der Waals surface area contributed by atoms with E-state index >= 15 is 0 Å². The van der Waals surface area contributed by atoms with Gasteiger partial charge in [-0.1, -0.05) is 158 Å². The van der Waals surface area contributed by atoms with Gasteiger partial charge in [-0.25, -0.2) is 4.98 Å². The number of aromatic nitrogens is 3. The quantitative estimate of drug-likeness (QED) is 0.168. The molecule has 3 aromatic heterocycles. The number of hydrogen-bond donors (Lipinski definition) is 0. The molecular weight excluding hydrogens is 727 g/mol. The Hall–Kier alpha value is -8.01. The minimum atomic E-state index is 0.928. The fourth-order valence-corrected chi connectivity index (χ4v) is 9.97. The lowest BCUT2D eigenvalue weighted by molar-refractivity contribution is 1.37. The first kappa shape index (κ1) is 33.0. The lowest BCUT2D eigenvalue weighted by Gasteiger charge is -2.16. The van der Waals surface area contributed by atoms with Crippen LogP contribution in [-0.2, 0) is 0 Å². The van der Waals surface area contributed by atoms with Crippen LogP contribution < -0.4 is 0 Å². The van der Waals surface area contributed by atoms with Crippen molar-refractivity contribution in [1.29, 1.82) is 0 Å². The Labute approximate surface area is 344 Å². The maximum absolute atomic E-state index is 5.56. The third-order valence-corrected chi connectivity index (χ3v) is 12.7. The van der Waals surface area contributed by atoms with Gasteiger partial charge in [0, 0.05) is 44.9 Å². The summed E-state index contributed by atoms with van der Waals surface area (Å²) in [5, 5.41) is 18.1. The first-order valence-corrected chi connectivity index (χ1v) is 20.5. The van der Waals surface area contributed by atoms with E-state index in [-0.39, 0.29) is 0 Å². The first-order chi connectivity index (χ1) is 29.8. The van der Waals surface area contributed by atoms with Crippen molar-refractivity contribution >= 4 is 97.3 Å². The van der Waals surface area contributed by atoms with Gasteiger partial charge in [0.2, 0.25) is 0 Å². The highest BCUT2D eigenvalue weighted by atomic mass is 14.7. The average Bonchev–Trinajstić information content (AvgIpc) is 3.33. The number of hydrogen-bond acceptors (Lipinski definition) is 3. The van der Waals surface area contributed by atoms with Crippen LogP contribution in [-0.4, -0.2) is 15.0 Å². The SMILES string of the molecule is c1cc(-c2ccc3c4ccc(-c5ccnc6c5ccc5cccnc56)cc4c4ccccc4c3c2)cc(-c2nc3c4ccccc4c4ccccc4c3c3ccccc23)c1. The fourth-order valence-electron chi connectivity index (χ4n) is 9.97. The van der Waals surface area contributed by atoms with E-state index < -0.39 is 0 Å². The molecule has 0 aliphatic heterocycles. The molecule has 0 N–H and O–H groups in total. The van der Waals surface area contributed by atoms with E-state index in [1.54, 1.807) is 0 Å². The van der Waals surface area contributed by atoms with Crippen LogP contribution in [0.4, 0.5) is 0 Å². The van der Waals surface area contributed by atoms with E-state index in [0.29, 0.717) is 0 Å². The van der Waals surface area contributed by atoms with Crippen molar-refractivity contribution in [3.63, 3.8) is 0 Å². The smallest absolute Gasteiger partial charge is 0.0970 e. The zero-order chi connectivity index (χ0) is 39.3. The van der Waals surface area contributed by atoms with E-state index in [9.17, 15) is 0 Å².